The van der Waals surface area contributed by atoms with Gasteiger partial charge in [-0.2, -0.15) is 0 Å². The Bertz CT molecular complexity index is 1330. The minimum absolute atomic E-state index is 0.220. The second kappa shape index (κ2) is 8.75. The number of rotatable bonds is 5. The molecule has 4 rings (SSSR count). The Hall–Kier alpha value is -3.57. The average Bonchev–Trinajstić information content (AvgIpc) is 3.01. The summed E-state index contributed by atoms with van der Waals surface area (Å²) in [5.74, 6) is -0.390. The number of amides is 2. The maximum absolute atomic E-state index is 13.8. The van der Waals surface area contributed by atoms with E-state index in [9.17, 15) is 9.59 Å². The summed E-state index contributed by atoms with van der Waals surface area (Å²) in [6.45, 7) is 7.79. The molecule has 168 valence electrons. The monoisotopic (exact) mass is 460 g/mol. The van der Waals surface area contributed by atoms with Gasteiger partial charge in [-0.3, -0.25) is 9.59 Å². The van der Waals surface area contributed by atoms with E-state index in [0.29, 0.717) is 33.3 Å². The van der Waals surface area contributed by atoms with Crippen molar-refractivity contribution in [3.05, 3.63) is 93.1 Å². The molecule has 0 spiro atoms. The first-order valence-electron chi connectivity index (χ1n) is 10.6. The van der Waals surface area contributed by atoms with E-state index in [0.717, 1.165) is 22.3 Å². The summed E-state index contributed by atoms with van der Waals surface area (Å²) < 4.78 is 5.47. The van der Waals surface area contributed by atoms with Crippen molar-refractivity contribution in [2.45, 2.75) is 27.7 Å². The van der Waals surface area contributed by atoms with Crippen LogP contribution in [0.4, 0.5) is 11.4 Å². The van der Waals surface area contributed by atoms with Crippen molar-refractivity contribution < 1.29 is 14.3 Å². The molecule has 33 heavy (non-hydrogen) atoms. The molecule has 3 aromatic carbocycles. The van der Waals surface area contributed by atoms with Gasteiger partial charge in [0.05, 0.1) is 18.4 Å². The van der Waals surface area contributed by atoms with E-state index in [1.807, 2.05) is 58.0 Å². The molecule has 0 aliphatic carbocycles. The van der Waals surface area contributed by atoms with E-state index >= 15 is 0 Å². The lowest BCUT2D eigenvalue weighted by atomic mass is 9.99. The predicted octanol–water partition coefficient (Wildman–Crippen LogP) is 5.98. The summed E-state index contributed by atoms with van der Waals surface area (Å²) in [7, 11) is 1.52. The van der Waals surface area contributed by atoms with Gasteiger partial charge in [-0.05, 0) is 85.8 Å². The highest BCUT2D eigenvalue weighted by Crippen LogP contribution is 2.39. The van der Waals surface area contributed by atoms with Gasteiger partial charge in [0.2, 0.25) is 0 Å². The minimum atomic E-state index is -0.438. The zero-order chi connectivity index (χ0) is 23.9. The number of hydrogen-bond donors (Lipinski definition) is 1. The number of carbonyl (C=O) groups excluding carboxylic acids is 2. The van der Waals surface area contributed by atoms with Crippen LogP contribution >= 0.6 is 11.6 Å². The third-order valence-corrected chi connectivity index (χ3v) is 6.14. The SMILES string of the molecule is COc1ccc(C)cc1N1C(=O)C(Nc2ccc(Cl)cc2C)=C(c2ccc(C)c(C)c2)C1=O. The van der Waals surface area contributed by atoms with Crippen LogP contribution in [0, 0.1) is 27.7 Å². The zero-order valence-corrected chi connectivity index (χ0v) is 20.0. The van der Waals surface area contributed by atoms with Crippen molar-refractivity contribution in [1.29, 1.82) is 0 Å². The quantitative estimate of drug-likeness (QED) is 0.476. The number of imide groups is 1. The molecule has 0 radical (unpaired) electrons. The summed E-state index contributed by atoms with van der Waals surface area (Å²) in [6, 6.07) is 16.5. The van der Waals surface area contributed by atoms with Gasteiger partial charge in [0.25, 0.3) is 11.8 Å². The molecule has 1 aliphatic heterocycles. The standard InChI is InChI=1S/C27H25ClN2O3/c1-15-6-11-23(33-5)22(12-15)30-26(31)24(19-8-7-16(2)17(3)13-19)25(27(30)32)29-21-10-9-20(28)14-18(21)4/h6-14,29H,1-5H3. The van der Waals surface area contributed by atoms with Gasteiger partial charge in [0.15, 0.2) is 0 Å². The molecule has 0 atom stereocenters. The molecule has 1 heterocycles. The second-order valence-electron chi connectivity index (χ2n) is 8.25. The van der Waals surface area contributed by atoms with Gasteiger partial charge in [0, 0.05) is 10.7 Å². The molecule has 0 saturated carbocycles. The maximum atomic E-state index is 13.8. The number of methoxy groups -OCH3 is 1. The lowest BCUT2D eigenvalue weighted by molar-refractivity contribution is -0.120. The number of carbonyl (C=O) groups is 2. The average molecular weight is 461 g/mol. The van der Waals surface area contributed by atoms with Gasteiger partial charge in [-0.15, -0.1) is 0 Å². The molecule has 3 aromatic rings. The molecule has 0 bridgehead atoms. The predicted molar refractivity (Wildman–Crippen MR) is 133 cm³/mol. The lowest BCUT2D eigenvalue weighted by Gasteiger charge is -2.19. The van der Waals surface area contributed by atoms with Crippen molar-refractivity contribution in [2.24, 2.45) is 0 Å². The van der Waals surface area contributed by atoms with Gasteiger partial charge in [-0.25, -0.2) is 4.90 Å². The molecule has 0 saturated heterocycles. The lowest BCUT2D eigenvalue weighted by Crippen LogP contribution is -2.32. The third-order valence-electron chi connectivity index (χ3n) is 5.90. The Morgan fingerprint density at radius 3 is 2.24 bits per heavy atom. The van der Waals surface area contributed by atoms with Crippen LogP contribution in [0.1, 0.15) is 27.8 Å². The Kier molecular flexibility index (Phi) is 6.00. The molecule has 2 amide bonds. The molecule has 5 nitrogen and oxygen atoms in total. The molecule has 1 N–H and O–H groups in total. The van der Waals surface area contributed by atoms with Crippen LogP contribution in [0.25, 0.3) is 5.57 Å². The first-order chi connectivity index (χ1) is 15.7. The van der Waals surface area contributed by atoms with E-state index in [-0.39, 0.29) is 5.70 Å². The topological polar surface area (TPSA) is 58.6 Å². The summed E-state index contributed by atoms with van der Waals surface area (Å²) in [5, 5.41) is 3.82. The van der Waals surface area contributed by atoms with Crippen LogP contribution < -0.4 is 15.0 Å². The normalized spacial score (nSPS) is 13.7. The highest BCUT2D eigenvalue weighted by Gasteiger charge is 2.41. The van der Waals surface area contributed by atoms with E-state index in [1.165, 1.54) is 12.0 Å². The third kappa shape index (κ3) is 4.12. The largest absolute Gasteiger partial charge is 0.495 e. The Morgan fingerprint density at radius 2 is 1.58 bits per heavy atom. The van der Waals surface area contributed by atoms with Crippen LogP contribution in [0.3, 0.4) is 0 Å². The van der Waals surface area contributed by atoms with Crippen LogP contribution in [-0.2, 0) is 9.59 Å². The van der Waals surface area contributed by atoms with Crippen molar-refractivity contribution >= 4 is 40.4 Å². The molecule has 0 fully saturated rings. The Labute approximate surface area is 198 Å². The fraction of sp³-hybridized carbons (Fsp3) is 0.185. The van der Waals surface area contributed by atoms with Gasteiger partial charge in [-0.1, -0.05) is 35.9 Å². The van der Waals surface area contributed by atoms with Crippen LogP contribution in [0.5, 0.6) is 5.75 Å². The van der Waals surface area contributed by atoms with E-state index in [2.05, 4.69) is 5.32 Å². The number of anilines is 2. The summed E-state index contributed by atoms with van der Waals surface area (Å²) in [4.78, 5) is 28.7. The van der Waals surface area contributed by atoms with E-state index in [1.54, 1.807) is 24.3 Å². The highest BCUT2D eigenvalue weighted by molar-refractivity contribution is 6.46. The molecule has 1 aliphatic rings. The molecular formula is C27H25ClN2O3. The van der Waals surface area contributed by atoms with Gasteiger partial charge < -0.3 is 10.1 Å². The van der Waals surface area contributed by atoms with Crippen LogP contribution in [0.2, 0.25) is 5.02 Å². The molecule has 0 unspecified atom stereocenters. The Morgan fingerprint density at radius 1 is 0.818 bits per heavy atom. The molecule has 0 aromatic heterocycles. The smallest absolute Gasteiger partial charge is 0.282 e. The Balaban J connectivity index is 1.89. The van der Waals surface area contributed by atoms with Crippen LogP contribution in [0.15, 0.2) is 60.3 Å². The second-order valence-corrected chi connectivity index (χ2v) is 8.69. The number of benzene rings is 3. The zero-order valence-electron chi connectivity index (χ0n) is 19.2. The summed E-state index contributed by atoms with van der Waals surface area (Å²) in [5.41, 5.74) is 6.26. The van der Waals surface area contributed by atoms with Gasteiger partial charge in [0.1, 0.15) is 11.4 Å². The van der Waals surface area contributed by atoms with Crippen molar-refractivity contribution in [1.82, 2.24) is 0 Å². The number of halogens is 1. The molecular weight excluding hydrogens is 436 g/mol. The minimum Gasteiger partial charge on any atom is -0.495 e. The van der Waals surface area contributed by atoms with Crippen molar-refractivity contribution in [3.8, 4) is 5.75 Å². The number of ether oxygens (including phenoxy) is 1. The number of nitrogens with one attached hydrogen (secondary N) is 1. The van der Waals surface area contributed by atoms with Crippen molar-refractivity contribution in [2.75, 3.05) is 17.3 Å². The van der Waals surface area contributed by atoms with Crippen LogP contribution in [-0.4, -0.2) is 18.9 Å². The highest BCUT2D eigenvalue weighted by atomic mass is 35.5. The molecule has 6 heteroatoms. The van der Waals surface area contributed by atoms with Crippen molar-refractivity contribution in [3.63, 3.8) is 0 Å². The fourth-order valence-corrected chi connectivity index (χ4v) is 4.13. The number of aryl methyl sites for hydroxylation is 4. The van der Waals surface area contributed by atoms with Gasteiger partial charge >= 0.3 is 0 Å². The first-order valence-corrected chi connectivity index (χ1v) is 11.0. The maximum Gasteiger partial charge on any atom is 0.282 e. The summed E-state index contributed by atoms with van der Waals surface area (Å²) in [6.07, 6.45) is 0. The van der Waals surface area contributed by atoms with E-state index < -0.39 is 11.8 Å². The number of nitrogens with zero attached hydrogens (tertiary/aromatic N) is 1. The number of hydrogen-bond acceptors (Lipinski definition) is 4. The van der Waals surface area contributed by atoms with E-state index in [4.69, 9.17) is 16.3 Å². The first kappa shape index (κ1) is 22.6. The fourth-order valence-electron chi connectivity index (χ4n) is 3.91. The summed E-state index contributed by atoms with van der Waals surface area (Å²) >= 11 is 6.11.